The fourth-order valence-electron chi connectivity index (χ4n) is 2.61. The number of carbonyl (C=O) groups excluding carboxylic acids is 1. The van der Waals surface area contributed by atoms with Crippen LogP contribution in [-0.4, -0.2) is 18.6 Å². The van der Waals surface area contributed by atoms with Gasteiger partial charge in [-0.3, -0.25) is 4.79 Å². The summed E-state index contributed by atoms with van der Waals surface area (Å²) in [6, 6.07) is 5.86. The van der Waals surface area contributed by atoms with Crippen LogP contribution in [0.25, 0.3) is 0 Å². The number of para-hydroxylation sites is 1. The second-order valence-electron chi connectivity index (χ2n) is 5.65. The monoisotopic (exact) mass is 275 g/mol. The molecule has 0 unspecified atom stereocenters. The van der Waals surface area contributed by atoms with Crippen LogP contribution in [0.1, 0.15) is 68.3 Å². The summed E-state index contributed by atoms with van der Waals surface area (Å²) < 4.78 is 5.86. The molecule has 3 nitrogen and oxygen atoms in total. The number of carbonyl (C=O) groups is 1. The highest BCUT2D eigenvalue weighted by atomic mass is 16.5. The summed E-state index contributed by atoms with van der Waals surface area (Å²) in [6.07, 6.45) is 4.80. The summed E-state index contributed by atoms with van der Waals surface area (Å²) in [6.45, 7) is 7.12. The van der Waals surface area contributed by atoms with Crippen LogP contribution in [0.2, 0.25) is 0 Å². The van der Waals surface area contributed by atoms with Gasteiger partial charge in [0.05, 0.1) is 5.56 Å². The first-order valence-corrected chi connectivity index (χ1v) is 7.73. The first kappa shape index (κ1) is 14.9. The number of benzene rings is 1. The molecular weight excluding hydrogens is 250 g/mol. The Morgan fingerprint density at radius 3 is 2.80 bits per heavy atom. The second-order valence-corrected chi connectivity index (χ2v) is 5.65. The fourth-order valence-corrected chi connectivity index (χ4v) is 2.61. The Kier molecular flexibility index (Phi) is 5.05. The quantitative estimate of drug-likeness (QED) is 0.800. The number of fused-ring (bicyclic) bond motifs is 1. The Bertz CT molecular complexity index is 470. The van der Waals surface area contributed by atoms with E-state index in [1.165, 1.54) is 19.3 Å². The molecule has 1 aliphatic heterocycles. The van der Waals surface area contributed by atoms with Gasteiger partial charge in [0.15, 0.2) is 0 Å². The normalized spacial score (nSPS) is 20.4. The molecule has 1 N–H and O–H groups in total. The van der Waals surface area contributed by atoms with E-state index in [-0.39, 0.29) is 12.0 Å². The number of ether oxygens (including phenoxy) is 1. The van der Waals surface area contributed by atoms with Gasteiger partial charge in [0, 0.05) is 18.0 Å². The van der Waals surface area contributed by atoms with Gasteiger partial charge < -0.3 is 10.1 Å². The van der Waals surface area contributed by atoms with E-state index in [2.05, 4.69) is 32.2 Å². The lowest BCUT2D eigenvalue weighted by Crippen LogP contribution is -2.25. The lowest BCUT2D eigenvalue weighted by molar-refractivity contribution is 0.0948. The van der Waals surface area contributed by atoms with Crippen molar-refractivity contribution in [3.05, 3.63) is 29.3 Å². The van der Waals surface area contributed by atoms with E-state index in [9.17, 15) is 4.79 Å². The zero-order valence-corrected chi connectivity index (χ0v) is 12.7. The van der Waals surface area contributed by atoms with Crippen LogP contribution in [0.3, 0.4) is 0 Å². The molecule has 0 saturated carbocycles. The third-order valence-electron chi connectivity index (χ3n) is 4.10. The molecule has 0 aromatic heterocycles. The molecule has 0 aliphatic carbocycles. The SMILES string of the molecule is CCCCCCNC(=O)c1cccc2c1O[C@H](C)[C@@H]2C. The predicted molar refractivity (Wildman–Crippen MR) is 81.4 cm³/mol. The molecule has 1 aromatic carbocycles. The third kappa shape index (κ3) is 3.14. The first-order valence-electron chi connectivity index (χ1n) is 7.73. The van der Waals surface area contributed by atoms with Crippen LogP contribution in [-0.2, 0) is 0 Å². The van der Waals surface area contributed by atoms with Crippen molar-refractivity contribution >= 4 is 5.91 Å². The number of rotatable bonds is 6. The van der Waals surface area contributed by atoms with Gasteiger partial charge in [-0.1, -0.05) is 45.2 Å². The summed E-state index contributed by atoms with van der Waals surface area (Å²) in [5.74, 6) is 1.11. The van der Waals surface area contributed by atoms with Crippen molar-refractivity contribution in [3.8, 4) is 5.75 Å². The average Bonchev–Trinajstić information content (AvgIpc) is 2.74. The Morgan fingerprint density at radius 1 is 1.25 bits per heavy atom. The molecule has 3 heteroatoms. The van der Waals surface area contributed by atoms with Crippen molar-refractivity contribution in [2.24, 2.45) is 0 Å². The van der Waals surface area contributed by atoms with Crippen LogP contribution in [0.15, 0.2) is 18.2 Å². The summed E-state index contributed by atoms with van der Waals surface area (Å²) >= 11 is 0. The van der Waals surface area contributed by atoms with Gasteiger partial charge in [0.2, 0.25) is 0 Å². The van der Waals surface area contributed by atoms with Gasteiger partial charge in [-0.05, 0) is 19.4 Å². The fraction of sp³-hybridized carbons (Fsp3) is 0.588. The van der Waals surface area contributed by atoms with E-state index >= 15 is 0 Å². The van der Waals surface area contributed by atoms with Crippen molar-refractivity contribution in [1.29, 1.82) is 0 Å². The molecule has 2 atom stereocenters. The maximum Gasteiger partial charge on any atom is 0.255 e. The van der Waals surface area contributed by atoms with Gasteiger partial charge in [-0.2, -0.15) is 0 Å². The molecule has 1 aliphatic rings. The van der Waals surface area contributed by atoms with Crippen LogP contribution in [0, 0.1) is 0 Å². The highest BCUT2D eigenvalue weighted by molar-refractivity contribution is 5.97. The largest absolute Gasteiger partial charge is 0.489 e. The van der Waals surface area contributed by atoms with E-state index < -0.39 is 0 Å². The molecule has 2 rings (SSSR count). The molecule has 0 bridgehead atoms. The van der Waals surface area contributed by atoms with Crippen molar-refractivity contribution in [2.75, 3.05) is 6.54 Å². The molecule has 0 fully saturated rings. The number of hydrogen-bond acceptors (Lipinski definition) is 2. The topological polar surface area (TPSA) is 38.3 Å². The van der Waals surface area contributed by atoms with Crippen molar-refractivity contribution in [3.63, 3.8) is 0 Å². The summed E-state index contributed by atoms with van der Waals surface area (Å²) in [5, 5.41) is 3.00. The highest BCUT2D eigenvalue weighted by Gasteiger charge is 2.30. The molecule has 110 valence electrons. The first-order chi connectivity index (χ1) is 9.65. The number of nitrogens with one attached hydrogen (secondary N) is 1. The standard InChI is InChI=1S/C17H25NO2/c1-4-5-6-7-11-18-17(19)15-10-8-9-14-12(2)13(3)20-16(14)15/h8-10,12-13H,4-7,11H2,1-3H3,(H,18,19)/t12-,13+/m0/s1. The minimum atomic E-state index is -0.0142. The molecular formula is C17H25NO2. The average molecular weight is 275 g/mol. The van der Waals surface area contributed by atoms with Gasteiger partial charge in [-0.25, -0.2) is 0 Å². The van der Waals surface area contributed by atoms with Gasteiger partial charge in [0.1, 0.15) is 11.9 Å². The molecule has 20 heavy (non-hydrogen) atoms. The summed E-state index contributed by atoms with van der Waals surface area (Å²) in [7, 11) is 0. The van der Waals surface area contributed by atoms with Gasteiger partial charge in [0.25, 0.3) is 5.91 Å². The van der Waals surface area contributed by atoms with Crippen molar-refractivity contribution in [2.45, 2.75) is 58.5 Å². The predicted octanol–water partition coefficient (Wildman–Crippen LogP) is 3.88. The number of amides is 1. The van der Waals surface area contributed by atoms with E-state index in [4.69, 9.17) is 4.74 Å². The molecule has 0 radical (unpaired) electrons. The van der Waals surface area contributed by atoms with Crippen LogP contribution in [0.5, 0.6) is 5.75 Å². The minimum Gasteiger partial charge on any atom is -0.489 e. The maximum atomic E-state index is 12.3. The van der Waals surface area contributed by atoms with Crippen molar-refractivity contribution < 1.29 is 9.53 Å². The highest BCUT2D eigenvalue weighted by Crippen LogP contribution is 2.40. The second kappa shape index (κ2) is 6.78. The lowest BCUT2D eigenvalue weighted by atomic mass is 9.97. The molecule has 0 spiro atoms. The van der Waals surface area contributed by atoms with Gasteiger partial charge in [-0.15, -0.1) is 0 Å². The van der Waals surface area contributed by atoms with E-state index in [1.54, 1.807) is 0 Å². The zero-order valence-electron chi connectivity index (χ0n) is 12.7. The molecule has 0 saturated heterocycles. The molecule has 1 heterocycles. The maximum absolute atomic E-state index is 12.3. The van der Waals surface area contributed by atoms with Crippen LogP contribution >= 0.6 is 0 Å². The number of hydrogen-bond donors (Lipinski definition) is 1. The van der Waals surface area contributed by atoms with Crippen molar-refractivity contribution in [1.82, 2.24) is 5.32 Å². The smallest absolute Gasteiger partial charge is 0.255 e. The minimum absolute atomic E-state index is 0.0142. The summed E-state index contributed by atoms with van der Waals surface area (Å²) in [4.78, 5) is 12.3. The Labute approximate surface area is 121 Å². The summed E-state index contributed by atoms with van der Waals surface area (Å²) in [5.41, 5.74) is 1.82. The van der Waals surface area contributed by atoms with Crippen LogP contribution < -0.4 is 10.1 Å². The Hall–Kier alpha value is -1.51. The van der Waals surface area contributed by atoms with Gasteiger partial charge >= 0.3 is 0 Å². The molecule has 1 amide bonds. The molecule has 1 aromatic rings. The third-order valence-corrected chi connectivity index (χ3v) is 4.10. The lowest BCUT2D eigenvalue weighted by Gasteiger charge is -2.10. The van der Waals surface area contributed by atoms with Crippen LogP contribution in [0.4, 0.5) is 0 Å². The van der Waals surface area contributed by atoms with E-state index in [1.807, 2.05) is 12.1 Å². The number of unbranched alkanes of at least 4 members (excludes halogenated alkanes) is 3. The van der Waals surface area contributed by atoms with E-state index in [0.29, 0.717) is 11.5 Å². The zero-order chi connectivity index (χ0) is 14.5. The Balaban J connectivity index is 1.98. The van der Waals surface area contributed by atoms with E-state index in [0.717, 1.165) is 24.3 Å². The Morgan fingerprint density at radius 2 is 2.05 bits per heavy atom.